The molecule has 0 aliphatic heterocycles. The van der Waals surface area contributed by atoms with Crippen LogP contribution in [-0.4, -0.2) is 25.5 Å². The summed E-state index contributed by atoms with van der Waals surface area (Å²) in [6.07, 6.45) is 1.55. The fourth-order valence-electron chi connectivity index (χ4n) is 2.89. The van der Waals surface area contributed by atoms with Gasteiger partial charge in [-0.1, -0.05) is 48.0 Å². The monoisotopic (exact) mass is 357 g/mol. The van der Waals surface area contributed by atoms with E-state index in [1.165, 1.54) is 5.56 Å². The first-order chi connectivity index (χ1) is 13.0. The lowest BCUT2D eigenvalue weighted by atomic mass is 10.1. The maximum atomic E-state index is 12.7. The molecule has 0 aliphatic rings. The molecule has 0 saturated heterocycles. The van der Waals surface area contributed by atoms with Crippen LogP contribution in [0.25, 0.3) is 17.2 Å². The molecule has 0 bridgehead atoms. The van der Waals surface area contributed by atoms with E-state index in [-0.39, 0.29) is 5.91 Å². The number of carbonyl (C=O) groups excluding carboxylic acids is 1. The maximum absolute atomic E-state index is 12.7. The molecule has 4 aromatic rings. The molecule has 2 heterocycles. The zero-order chi connectivity index (χ0) is 19.0. The molecule has 2 aromatic carbocycles. The molecule has 0 atom stereocenters. The Balaban J connectivity index is 1.70. The van der Waals surface area contributed by atoms with Crippen LogP contribution in [0, 0.1) is 20.8 Å². The zero-order valence-corrected chi connectivity index (χ0v) is 15.4. The lowest BCUT2D eigenvalue weighted by Gasteiger charge is -2.09. The SMILES string of the molecule is Cc1ccc(-c2nc3ncc(C(=O)Nc4ccccc4C)c(C)n3n2)cc1. The topological polar surface area (TPSA) is 72.2 Å². The van der Waals surface area contributed by atoms with Gasteiger partial charge in [0, 0.05) is 17.4 Å². The third kappa shape index (κ3) is 3.17. The van der Waals surface area contributed by atoms with Crippen molar-refractivity contribution >= 4 is 17.4 Å². The molecular formula is C21H19N5O. The second-order valence-electron chi connectivity index (χ2n) is 6.54. The minimum atomic E-state index is -0.219. The number of benzene rings is 2. The van der Waals surface area contributed by atoms with Gasteiger partial charge in [0.25, 0.3) is 11.7 Å². The lowest BCUT2D eigenvalue weighted by molar-refractivity contribution is 0.102. The van der Waals surface area contributed by atoms with Gasteiger partial charge in [0.1, 0.15) is 0 Å². The molecular weight excluding hydrogens is 338 g/mol. The number of hydrogen-bond acceptors (Lipinski definition) is 4. The summed E-state index contributed by atoms with van der Waals surface area (Å²) in [6.45, 7) is 5.83. The Hall–Kier alpha value is -3.54. The van der Waals surface area contributed by atoms with Gasteiger partial charge < -0.3 is 5.32 Å². The van der Waals surface area contributed by atoms with Crippen LogP contribution < -0.4 is 5.32 Å². The van der Waals surface area contributed by atoms with Gasteiger partial charge in [-0.05, 0) is 32.4 Å². The highest BCUT2D eigenvalue weighted by atomic mass is 16.1. The van der Waals surface area contributed by atoms with Crippen LogP contribution in [0.5, 0.6) is 0 Å². The second-order valence-corrected chi connectivity index (χ2v) is 6.54. The summed E-state index contributed by atoms with van der Waals surface area (Å²) in [5, 5.41) is 7.48. The lowest BCUT2D eigenvalue weighted by Crippen LogP contribution is -2.16. The average molecular weight is 357 g/mol. The van der Waals surface area contributed by atoms with Gasteiger partial charge in [0.2, 0.25) is 0 Å². The van der Waals surface area contributed by atoms with E-state index in [0.29, 0.717) is 22.9 Å². The van der Waals surface area contributed by atoms with Gasteiger partial charge >= 0.3 is 0 Å². The molecule has 134 valence electrons. The summed E-state index contributed by atoms with van der Waals surface area (Å²) in [5.41, 5.74) is 5.02. The van der Waals surface area contributed by atoms with E-state index in [1.54, 1.807) is 10.7 Å². The minimum Gasteiger partial charge on any atom is -0.322 e. The minimum absolute atomic E-state index is 0.219. The highest BCUT2D eigenvalue weighted by Gasteiger charge is 2.16. The van der Waals surface area contributed by atoms with Crippen LogP contribution in [0.15, 0.2) is 54.7 Å². The van der Waals surface area contributed by atoms with Gasteiger partial charge in [-0.2, -0.15) is 4.98 Å². The third-order valence-corrected chi connectivity index (χ3v) is 4.55. The molecule has 1 amide bonds. The smallest absolute Gasteiger partial charge is 0.259 e. The standard InChI is InChI=1S/C21H19N5O/c1-13-8-10-16(11-9-13)19-24-21-22-12-17(15(3)26(21)25-19)20(27)23-18-7-5-4-6-14(18)2/h4-12H,1-3H3,(H,23,27). The van der Waals surface area contributed by atoms with E-state index in [0.717, 1.165) is 16.8 Å². The Morgan fingerprint density at radius 2 is 1.74 bits per heavy atom. The van der Waals surface area contributed by atoms with E-state index in [4.69, 9.17) is 0 Å². The van der Waals surface area contributed by atoms with Crippen LogP contribution in [0.2, 0.25) is 0 Å². The van der Waals surface area contributed by atoms with E-state index in [2.05, 4.69) is 20.4 Å². The first-order valence-corrected chi connectivity index (χ1v) is 8.69. The number of nitrogens with one attached hydrogen (secondary N) is 1. The van der Waals surface area contributed by atoms with Gasteiger partial charge in [0.05, 0.1) is 11.3 Å². The quantitative estimate of drug-likeness (QED) is 0.602. The first kappa shape index (κ1) is 16.9. The molecule has 0 spiro atoms. The molecule has 0 saturated carbocycles. The molecule has 0 unspecified atom stereocenters. The van der Waals surface area contributed by atoms with Crippen LogP contribution in [0.1, 0.15) is 27.2 Å². The number of fused-ring (bicyclic) bond motifs is 1. The van der Waals surface area contributed by atoms with Crippen molar-refractivity contribution in [2.75, 3.05) is 5.32 Å². The number of para-hydroxylation sites is 1. The van der Waals surface area contributed by atoms with E-state index < -0.39 is 0 Å². The Labute approximate surface area is 156 Å². The molecule has 27 heavy (non-hydrogen) atoms. The molecule has 1 N–H and O–H groups in total. The summed E-state index contributed by atoms with van der Waals surface area (Å²) in [6, 6.07) is 15.6. The molecule has 2 aromatic heterocycles. The number of rotatable bonds is 3. The second kappa shape index (κ2) is 6.64. The van der Waals surface area contributed by atoms with Crippen molar-refractivity contribution in [3.63, 3.8) is 0 Å². The molecule has 0 fully saturated rings. The van der Waals surface area contributed by atoms with Crippen LogP contribution in [0.4, 0.5) is 5.69 Å². The number of hydrogen-bond donors (Lipinski definition) is 1. The van der Waals surface area contributed by atoms with Gasteiger partial charge in [-0.15, -0.1) is 5.10 Å². The van der Waals surface area contributed by atoms with E-state index in [9.17, 15) is 4.79 Å². The fourth-order valence-corrected chi connectivity index (χ4v) is 2.89. The highest BCUT2D eigenvalue weighted by Crippen LogP contribution is 2.19. The van der Waals surface area contributed by atoms with Crippen molar-refractivity contribution in [3.05, 3.63) is 77.1 Å². The first-order valence-electron chi connectivity index (χ1n) is 8.69. The van der Waals surface area contributed by atoms with Gasteiger partial charge in [-0.25, -0.2) is 9.50 Å². The summed E-state index contributed by atoms with van der Waals surface area (Å²) in [7, 11) is 0. The largest absolute Gasteiger partial charge is 0.322 e. The molecule has 6 heteroatoms. The van der Waals surface area contributed by atoms with Crippen LogP contribution in [-0.2, 0) is 0 Å². The number of anilines is 1. The summed E-state index contributed by atoms with van der Waals surface area (Å²) in [4.78, 5) is 21.5. The Kier molecular flexibility index (Phi) is 4.16. The van der Waals surface area contributed by atoms with Crippen LogP contribution in [0.3, 0.4) is 0 Å². The van der Waals surface area contributed by atoms with Crippen molar-refractivity contribution in [2.24, 2.45) is 0 Å². The molecule has 0 aliphatic carbocycles. The zero-order valence-electron chi connectivity index (χ0n) is 15.4. The third-order valence-electron chi connectivity index (χ3n) is 4.55. The summed E-state index contributed by atoms with van der Waals surface area (Å²) < 4.78 is 1.61. The molecule has 4 rings (SSSR count). The Morgan fingerprint density at radius 3 is 2.48 bits per heavy atom. The maximum Gasteiger partial charge on any atom is 0.259 e. The van der Waals surface area contributed by atoms with Crippen molar-refractivity contribution in [3.8, 4) is 11.4 Å². The number of aryl methyl sites for hydroxylation is 3. The number of nitrogens with zero attached hydrogens (tertiary/aromatic N) is 4. The normalized spacial score (nSPS) is 10.9. The predicted molar refractivity (Wildman–Crippen MR) is 105 cm³/mol. The Morgan fingerprint density at radius 1 is 1.00 bits per heavy atom. The van der Waals surface area contributed by atoms with E-state index in [1.807, 2.05) is 69.3 Å². The van der Waals surface area contributed by atoms with Crippen molar-refractivity contribution < 1.29 is 4.79 Å². The van der Waals surface area contributed by atoms with Crippen molar-refractivity contribution in [1.82, 2.24) is 19.6 Å². The average Bonchev–Trinajstić information content (AvgIpc) is 3.09. The summed E-state index contributed by atoms with van der Waals surface area (Å²) in [5.74, 6) is 0.834. The van der Waals surface area contributed by atoms with Crippen molar-refractivity contribution in [2.45, 2.75) is 20.8 Å². The number of carbonyl (C=O) groups is 1. The highest BCUT2D eigenvalue weighted by molar-refractivity contribution is 6.05. The number of amides is 1. The van der Waals surface area contributed by atoms with Crippen LogP contribution >= 0.6 is 0 Å². The summed E-state index contributed by atoms with van der Waals surface area (Å²) >= 11 is 0. The van der Waals surface area contributed by atoms with Crippen molar-refractivity contribution in [1.29, 1.82) is 0 Å². The fraction of sp³-hybridized carbons (Fsp3) is 0.143. The van der Waals surface area contributed by atoms with Gasteiger partial charge in [0.15, 0.2) is 5.82 Å². The number of aromatic nitrogens is 4. The molecule has 6 nitrogen and oxygen atoms in total. The van der Waals surface area contributed by atoms with E-state index >= 15 is 0 Å². The van der Waals surface area contributed by atoms with Gasteiger partial charge in [-0.3, -0.25) is 4.79 Å². The predicted octanol–water partition coefficient (Wildman–Crippen LogP) is 3.97. The molecule has 0 radical (unpaired) electrons. The Bertz CT molecular complexity index is 1150.